The van der Waals surface area contributed by atoms with Gasteiger partial charge in [0.1, 0.15) is 0 Å². The minimum Gasteiger partial charge on any atom is -0.378 e. The molecule has 1 atom stereocenters. The fourth-order valence-electron chi connectivity index (χ4n) is 3.36. The van der Waals surface area contributed by atoms with Gasteiger partial charge in [-0.1, -0.05) is 35.5 Å². The molecule has 30 heavy (non-hydrogen) atoms. The molecule has 2 heterocycles. The molecule has 0 radical (unpaired) electrons. The van der Waals surface area contributed by atoms with Crippen LogP contribution in [0.4, 0.5) is 5.95 Å². The number of halogens is 1. The molecular weight excluding hydrogens is 420 g/mol. The third-order valence-electron chi connectivity index (χ3n) is 4.95. The number of morpholine rings is 1. The highest BCUT2D eigenvalue weighted by Crippen LogP contribution is 2.31. The molecule has 1 aliphatic rings. The second-order valence-corrected chi connectivity index (χ2v) is 8.93. The zero-order chi connectivity index (χ0) is 21.1. The molecule has 0 aliphatic carbocycles. The molecule has 0 amide bonds. The summed E-state index contributed by atoms with van der Waals surface area (Å²) in [4.78, 5) is 15.1. The first-order chi connectivity index (χ1) is 14.5. The van der Waals surface area contributed by atoms with Crippen LogP contribution < -0.4 is 4.90 Å². The fraction of sp³-hybridized carbons (Fsp3) is 0.318. The van der Waals surface area contributed by atoms with Crippen LogP contribution in [-0.2, 0) is 4.74 Å². The quantitative estimate of drug-likeness (QED) is 0.415. The summed E-state index contributed by atoms with van der Waals surface area (Å²) in [6, 6.07) is 15.2. The fourth-order valence-corrected chi connectivity index (χ4v) is 4.43. The Labute approximate surface area is 185 Å². The minimum absolute atomic E-state index is 0.0309. The summed E-state index contributed by atoms with van der Waals surface area (Å²) in [5, 5.41) is 9.91. The molecule has 0 bridgehead atoms. The molecule has 0 spiro atoms. The van der Waals surface area contributed by atoms with Crippen molar-refractivity contribution in [2.45, 2.75) is 24.3 Å². The number of benzene rings is 2. The number of ether oxygens (including phenoxy) is 1. The molecule has 1 fully saturated rings. The molecule has 156 valence electrons. The lowest BCUT2D eigenvalue weighted by Gasteiger charge is -2.28. The number of carbonyl (C=O) groups excluding carboxylic acids is 1. The standard InChI is InChI=1S/C22H23ClN4O2S/c1-15-4-3-5-19(14-15)27-21(26-10-12-29-13-11-26)24-25-22(27)30-16(2)20(28)17-6-8-18(23)9-7-17/h3-9,14,16H,10-13H2,1-2H3. The number of thioether (sulfide) groups is 1. The molecule has 1 saturated heterocycles. The zero-order valence-electron chi connectivity index (χ0n) is 16.9. The molecule has 0 N–H and O–H groups in total. The van der Waals surface area contributed by atoms with E-state index in [1.54, 1.807) is 24.3 Å². The average Bonchev–Trinajstić information content (AvgIpc) is 3.18. The first-order valence-corrected chi connectivity index (χ1v) is 11.1. The van der Waals surface area contributed by atoms with Gasteiger partial charge in [0.15, 0.2) is 10.9 Å². The van der Waals surface area contributed by atoms with E-state index in [2.05, 4.69) is 34.2 Å². The van der Waals surface area contributed by atoms with Crippen LogP contribution in [0.15, 0.2) is 53.7 Å². The van der Waals surface area contributed by atoms with E-state index in [9.17, 15) is 4.79 Å². The van der Waals surface area contributed by atoms with Crippen LogP contribution in [-0.4, -0.2) is 52.1 Å². The van der Waals surface area contributed by atoms with E-state index >= 15 is 0 Å². The number of carbonyl (C=O) groups is 1. The van der Waals surface area contributed by atoms with E-state index in [4.69, 9.17) is 16.3 Å². The van der Waals surface area contributed by atoms with Gasteiger partial charge < -0.3 is 9.64 Å². The van der Waals surface area contributed by atoms with Crippen molar-refractivity contribution in [3.05, 3.63) is 64.7 Å². The molecule has 1 unspecified atom stereocenters. The topological polar surface area (TPSA) is 60.2 Å². The van der Waals surface area contributed by atoms with Crippen molar-refractivity contribution >= 4 is 35.1 Å². The summed E-state index contributed by atoms with van der Waals surface area (Å²) in [6.45, 7) is 6.79. The van der Waals surface area contributed by atoms with Gasteiger partial charge in [-0.15, -0.1) is 10.2 Å². The van der Waals surface area contributed by atoms with E-state index in [0.717, 1.165) is 30.3 Å². The molecule has 1 aromatic heterocycles. The normalized spacial score (nSPS) is 15.2. The Morgan fingerprint density at radius 1 is 1.13 bits per heavy atom. The van der Waals surface area contributed by atoms with Gasteiger partial charge in [-0.3, -0.25) is 9.36 Å². The highest BCUT2D eigenvalue weighted by atomic mass is 35.5. The number of ketones is 1. The number of hydrogen-bond acceptors (Lipinski definition) is 6. The van der Waals surface area contributed by atoms with E-state index in [0.29, 0.717) is 29.0 Å². The lowest BCUT2D eigenvalue weighted by Crippen LogP contribution is -2.37. The summed E-state index contributed by atoms with van der Waals surface area (Å²) in [5.41, 5.74) is 2.76. The van der Waals surface area contributed by atoms with Gasteiger partial charge in [0.2, 0.25) is 5.95 Å². The number of anilines is 1. The average molecular weight is 443 g/mol. The number of aromatic nitrogens is 3. The second-order valence-electron chi connectivity index (χ2n) is 7.19. The van der Waals surface area contributed by atoms with Gasteiger partial charge in [-0.2, -0.15) is 0 Å². The Balaban J connectivity index is 1.66. The number of Topliss-reactive ketones (excluding diaryl/α,β-unsaturated/α-hetero) is 1. The second kappa shape index (κ2) is 9.20. The summed E-state index contributed by atoms with van der Waals surface area (Å²) < 4.78 is 7.52. The molecule has 6 nitrogen and oxygen atoms in total. The predicted octanol–water partition coefficient (Wildman–Crippen LogP) is 4.43. The largest absolute Gasteiger partial charge is 0.378 e. The first kappa shape index (κ1) is 20.9. The SMILES string of the molecule is Cc1cccc(-n2c(SC(C)C(=O)c3ccc(Cl)cc3)nnc2N2CCOCC2)c1. The van der Waals surface area contributed by atoms with Crippen LogP contribution in [0.2, 0.25) is 5.02 Å². The van der Waals surface area contributed by atoms with Crippen molar-refractivity contribution in [2.24, 2.45) is 0 Å². The molecule has 1 aliphatic heterocycles. The molecule has 3 aromatic rings. The Kier molecular flexibility index (Phi) is 6.41. The monoisotopic (exact) mass is 442 g/mol. The number of hydrogen-bond donors (Lipinski definition) is 0. The van der Waals surface area contributed by atoms with Gasteiger partial charge in [-0.25, -0.2) is 0 Å². The third kappa shape index (κ3) is 4.53. The Bertz CT molecular complexity index is 1030. The smallest absolute Gasteiger partial charge is 0.232 e. The molecule has 8 heteroatoms. The third-order valence-corrected chi connectivity index (χ3v) is 6.24. The van der Waals surface area contributed by atoms with Gasteiger partial charge in [0.25, 0.3) is 0 Å². The minimum atomic E-state index is -0.323. The first-order valence-electron chi connectivity index (χ1n) is 9.84. The van der Waals surface area contributed by atoms with Gasteiger partial charge in [0.05, 0.1) is 24.2 Å². The van der Waals surface area contributed by atoms with Gasteiger partial charge in [0, 0.05) is 23.7 Å². The van der Waals surface area contributed by atoms with Crippen LogP contribution in [0.3, 0.4) is 0 Å². The van der Waals surface area contributed by atoms with Crippen molar-refractivity contribution in [1.82, 2.24) is 14.8 Å². The summed E-state index contributed by atoms with van der Waals surface area (Å²) in [5.74, 6) is 0.806. The highest BCUT2D eigenvalue weighted by molar-refractivity contribution is 8.00. The molecule has 2 aromatic carbocycles. The Hall–Kier alpha value is -2.35. The lowest BCUT2D eigenvalue weighted by atomic mass is 10.1. The van der Waals surface area contributed by atoms with Crippen LogP contribution >= 0.6 is 23.4 Å². The number of nitrogens with zero attached hydrogens (tertiary/aromatic N) is 4. The van der Waals surface area contributed by atoms with Crippen LogP contribution in [0.25, 0.3) is 5.69 Å². The summed E-state index contributed by atoms with van der Waals surface area (Å²) >= 11 is 7.36. The zero-order valence-corrected chi connectivity index (χ0v) is 18.5. The Morgan fingerprint density at radius 3 is 2.57 bits per heavy atom. The van der Waals surface area contributed by atoms with Crippen LogP contribution in [0.1, 0.15) is 22.8 Å². The maximum absolute atomic E-state index is 12.9. The van der Waals surface area contributed by atoms with E-state index in [1.165, 1.54) is 11.8 Å². The van der Waals surface area contributed by atoms with Crippen molar-refractivity contribution in [3.63, 3.8) is 0 Å². The van der Waals surface area contributed by atoms with Crippen molar-refractivity contribution < 1.29 is 9.53 Å². The Morgan fingerprint density at radius 2 is 1.87 bits per heavy atom. The van der Waals surface area contributed by atoms with Crippen LogP contribution in [0, 0.1) is 6.92 Å². The molecular formula is C22H23ClN4O2S. The van der Waals surface area contributed by atoms with Gasteiger partial charge >= 0.3 is 0 Å². The summed E-state index contributed by atoms with van der Waals surface area (Å²) in [7, 11) is 0. The van der Waals surface area contributed by atoms with Crippen molar-refractivity contribution in [1.29, 1.82) is 0 Å². The highest BCUT2D eigenvalue weighted by Gasteiger charge is 2.25. The lowest BCUT2D eigenvalue weighted by molar-refractivity contribution is 0.0994. The van der Waals surface area contributed by atoms with Crippen molar-refractivity contribution in [3.8, 4) is 5.69 Å². The maximum Gasteiger partial charge on any atom is 0.232 e. The van der Waals surface area contributed by atoms with E-state index < -0.39 is 0 Å². The molecule has 0 saturated carbocycles. The van der Waals surface area contributed by atoms with Crippen LogP contribution in [0.5, 0.6) is 0 Å². The van der Waals surface area contributed by atoms with Gasteiger partial charge in [-0.05, 0) is 55.8 Å². The summed E-state index contributed by atoms with van der Waals surface area (Å²) in [6.07, 6.45) is 0. The van der Waals surface area contributed by atoms with Crippen molar-refractivity contribution in [2.75, 3.05) is 31.2 Å². The number of rotatable bonds is 6. The molecule has 4 rings (SSSR count). The number of aryl methyl sites for hydroxylation is 1. The van der Waals surface area contributed by atoms with E-state index in [1.807, 2.05) is 23.6 Å². The predicted molar refractivity (Wildman–Crippen MR) is 120 cm³/mol. The maximum atomic E-state index is 12.9. The van der Waals surface area contributed by atoms with E-state index in [-0.39, 0.29) is 11.0 Å².